The van der Waals surface area contributed by atoms with Gasteiger partial charge < -0.3 is 14.6 Å². The third kappa shape index (κ3) is 3.60. The summed E-state index contributed by atoms with van der Waals surface area (Å²) in [5.41, 5.74) is 6.10. The Kier molecular flexibility index (Phi) is 5.21. The third-order valence-electron chi connectivity index (χ3n) is 6.13. The first-order valence-corrected chi connectivity index (χ1v) is 10.8. The average Bonchev–Trinajstić information content (AvgIpc) is 3.36. The Balaban J connectivity index is 1.67. The van der Waals surface area contributed by atoms with Gasteiger partial charge in [0, 0.05) is 57.6 Å². The van der Waals surface area contributed by atoms with Crippen LogP contribution >= 0.6 is 0 Å². The highest BCUT2D eigenvalue weighted by Gasteiger charge is 2.23. The van der Waals surface area contributed by atoms with Crippen molar-refractivity contribution in [2.24, 2.45) is 7.05 Å². The Labute approximate surface area is 182 Å². The molecule has 0 saturated carbocycles. The summed E-state index contributed by atoms with van der Waals surface area (Å²) >= 11 is 0. The van der Waals surface area contributed by atoms with Crippen LogP contribution in [0.2, 0.25) is 0 Å². The van der Waals surface area contributed by atoms with Gasteiger partial charge in [-0.3, -0.25) is 4.90 Å². The van der Waals surface area contributed by atoms with Crippen LogP contribution in [0.4, 0.5) is 5.82 Å². The molecule has 0 atom stereocenters. The van der Waals surface area contributed by atoms with Crippen molar-refractivity contribution >= 4 is 11.5 Å². The standard InChI is InChI=1S/C24H28N6O/c1-18-23(19-7-4-3-5-8-19)24-25-20(21-9-6-10-27(21)2)17-22(30(24)26-18)29-13-11-28(12-14-29)15-16-31/h3-10,17,31H,11-16H2,1-2H3. The molecule has 1 fully saturated rings. The third-order valence-corrected chi connectivity index (χ3v) is 6.13. The molecule has 7 nitrogen and oxygen atoms in total. The van der Waals surface area contributed by atoms with Crippen LogP contribution in [0.1, 0.15) is 5.69 Å². The Morgan fingerprint density at radius 1 is 1.00 bits per heavy atom. The zero-order chi connectivity index (χ0) is 21.4. The van der Waals surface area contributed by atoms with Crippen LogP contribution in [-0.2, 0) is 7.05 Å². The maximum Gasteiger partial charge on any atom is 0.166 e. The molecule has 3 aromatic heterocycles. The molecule has 160 valence electrons. The molecule has 0 aliphatic carbocycles. The Hall–Kier alpha value is -3.16. The Morgan fingerprint density at radius 3 is 2.45 bits per heavy atom. The average molecular weight is 417 g/mol. The van der Waals surface area contributed by atoms with Crippen molar-refractivity contribution in [2.75, 3.05) is 44.2 Å². The van der Waals surface area contributed by atoms with Gasteiger partial charge in [0.1, 0.15) is 5.82 Å². The summed E-state index contributed by atoms with van der Waals surface area (Å²) in [6, 6.07) is 16.7. The van der Waals surface area contributed by atoms with E-state index in [-0.39, 0.29) is 6.61 Å². The fourth-order valence-corrected chi connectivity index (χ4v) is 4.48. The van der Waals surface area contributed by atoms with E-state index < -0.39 is 0 Å². The number of hydrogen-bond acceptors (Lipinski definition) is 5. The number of nitrogens with zero attached hydrogens (tertiary/aromatic N) is 6. The van der Waals surface area contributed by atoms with Gasteiger partial charge in [-0.1, -0.05) is 30.3 Å². The molecular weight excluding hydrogens is 388 g/mol. The molecule has 7 heteroatoms. The van der Waals surface area contributed by atoms with E-state index >= 15 is 0 Å². The molecule has 4 aromatic rings. The van der Waals surface area contributed by atoms with Crippen molar-refractivity contribution in [3.63, 3.8) is 0 Å². The normalized spacial score (nSPS) is 15.1. The van der Waals surface area contributed by atoms with E-state index in [0.29, 0.717) is 0 Å². The Morgan fingerprint density at radius 2 is 1.77 bits per heavy atom. The second-order valence-corrected chi connectivity index (χ2v) is 8.12. The summed E-state index contributed by atoms with van der Waals surface area (Å²) in [7, 11) is 2.05. The predicted molar refractivity (Wildman–Crippen MR) is 123 cm³/mol. The molecule has 1 aromatic carbocycles. The molecule has 0 bridgehead atoms. The summed E-state index contributed by atoms with van der Waals surface area (Å²) in [4.78, 5) is 9.77. The number of aromatic nitrogens is 4. The minimum absolute atomic E-state index is 0.204. The Bertz CT molecular complexity index is 1190. The molecule has 4 heterocycles. The molecule has 0 unspecified atom stereocenters. The van der Waals surface area contributed by atoms with Gasteiger partial charge in [0.15, 0.2) is 5.65 Å². The second-order valence-electron chi connectivity index (χ2n) is 8.12. The molecule has 0 spiro atoms. The van der Waals surface area contributed by atoms with Crippen LogP contribution in [0, 0.1) is 6.92 Å². The van der Waals surface area contributed by atoms with E-state index in [0.717, 1.165) is 72.4 Å². The molecule has 1 aliphatic heterocycles. The largest absolute Gasteiger partial charge is 0.395 e. The van der Waals surface area contributed by atoms with Crippen LogP contribution in [0.3, 0.4) is 0 Å². The molecular formula is C24H28N6O. The highest BCUT2D eigenvalue weighted by atomic mass is 16.3. The number of fused-ring (bicyclic) bond motifs is 1. The van der Waals surface area contributed by atoms with Crippen LogP contribution in [0.25, 0.3) is 28.2 Å². The van der Waals surface area contributed by atoms with Crippen molar-refractivity contribution < 1.29 is 5.11 Å². The quantitative estimate of drug-likeness (QED) is 0.542. The first-order valence-electron chi connectivity index (χ1n) is 10.8. The summed E-state index contributed by atoms with van der Waals surface area (Å²) in [5.74, 6) is 1.06. The second kappa shape index (κ2) is 8.17. The molecule has 1 N–H and O–H groups in total. The monoisotopic (exact) mass is 416 g/mol. The number of benzene rings is 1. The number of anilines is 1. The van der Waals surface area contributed by atoms with Gasteiger partial charge in [0.25, 0.3) is 0 Å². The fourth-order valence-electron chi connectivity index (χ4n) is 4.48. The lowest BCUT2D eigenvalue weighted by atomic mass is 10.1. The van der Waals surface area contributed by atoms with E-state index in [1.165, 1.54) is 0 Å². The number of β-amino-alcohol motifs (C(OH)–C–C–N with tert-alkyl or cyclic N) is 1. The first kappa shape index (κ1) is 19.8. The maximum atomic E-state index is 9.27. The number of aliphatic hydroxyl groups is 1. The SMILES string of the molecule is Cc1nn2c(N3CCN(CCO)CC3)cc(-c3cccn3C)nc2c1-c1ccccc1. The molecule has 1 saturated heterocycles. The number of hydrogen-bond donors (Lipinski definition) is 1. The van der Waals surface area contributed by atoms with Crippen molar-refractivity contribution in [3.05, 3.63) is 60.4 Å². The van der Waals surface area contributed by atoms with Gasteiger partial charge in [0.2, 0.25) is 0 Å². The van der Waals surface area contributed by atoms with Crippen molar-refractivity contribution in [2.45, 2.75) is 6.92 Å². The number of aliphatic hydroxyl groups excluding tert-OH is 1. The van der Waals surface area contributed by atoms with Gasteiger partial charge in [-0.15, -0.1) is 0 Å². The van der Waals surface area contributed by atoms with Gasteiger partial charge in [-0.25, -0.2) is 4.98 Å². The van der Waals surface area contributed by atoms with Crippen LogP contribution in [0.5, 0.6) is 0 Å². The topological polar surface area (TPSA) is 61.8 Å². The maximum absolute atomic E-state index is 9.27. The van der Waals surface area contributed by atoms with Gasteiger partial charge >= 0.3 is 0 Å². The minimum Gasteiger partial charge on any atom is -0.395 e. The summed E-state index contributed by atoms with van der Waals surface area (Å²) < 4.78 is 4.11. The summed E-state index contributed by atoms with van der Waals surface area (Å²) in [6.07, 6.45) is 2.05. The lowest BCUT2D eigenvalue weighted by Crippen LogP contribution is -2.47. The van der Waals surface area contributed by atoms with Crippen LogP contribution in [0.15, 0.2) is 54.7 Å². The number of piperazine rings is 1. The van der Waals surface area contributed by atoms with E-state index in [2.05, 4.69) is 57.7 Å². The van der Waals surface area contributed by atoms with Gasteiger partial charge in [-0.2, -0.15) is 9.61 Å². The predicted octanol–water partition coefficient (Wildman–Crippen LogP) is 2.82. The van der Waals surface area contributed by atoms with Crippen molar-refractivity contribution in [1.82, 2.24) is 24.1 Å². The summed E-state index contributed by atoms with van der Waals surface area (Å²) in [5, 5.41) is 14.2. The highest BCUT2D eigenvalue weighted by molar-refractivity contribution is 5.82. The molecule has 0 radical (unpaired) electrons. The zero-order valence-electron chi connectivity index (χ0n) is 18.1. The van der Waals surface area contributed by atoms with Crippen molar-refractivity contribution in [1.29, 1.82) is 0 Å². The molecule has 1 aliphatic rings. The minimum atomic E-state index is 0.204. The lowest BCUT2D eigenvalue weighted by Gasteiger charge is -2.35. The fraction of sp³-hybridized carbons (Fsp3) is 0.333. The first-order chi connectivity index (χ1) is 15.2. The molecule has 0 amide bonds. The van der Waals surface area contributed by atoms with E-state index in [1.54, 1.807) is 0 Å². The van der Waals surface area contributed by atoms with E-state index in [9.17, 15) is 5.11 Å². The lowest BCUT2D eigenvalue weighted by molar-refractivity contribution is 0.188. The van der Waals surface area contributed by atoms with Gasteiger partial charge in [-0.05, 0) is 24.6 Å². The highest BCUT2D eigenvalue weighted by Crippen LogP contribution is 2.32. The van der Waals surface area contributed by atoms with Gasteiger partial charge in [0.05, 0.1) is 23.7 Å². The molecule has 5 rings (SSSR count). The smallest absolute Gasteiger partial charge is 0.166 e. The number of rotatable bonds is 5. The van der Waals surface area contributed by atoms with Crippen LogP contribution < -0.4 is 4.90 Å². The van der Waals surface area contributed by atoms with E-state index in [1.807, 2.05) is 29.9 Å². The summed E-state index contributed by atoms with van der Waals surface area (Å²) in [6.45, 7) is 6.63. The van der Waals surface area contributed by atoms with Crippen LogP contribution in [-0.4, -0.2) is 68.5 Å². The molecule has 31 heavy (non-hydrogen) atoms. The van der Waals surface area contributed by atoms with E-state index in [4.69, 9.17) is 10.1 Å². The van der Waals surface area contributed by atoms with Crippen molar-refractivity contribution in [3.8, 4) is 22.5 Å². The number of aryl methyl sites for hydroxylation is 2. The zero-order valence-corrected chi connectivity index (χ0v) is 18.1.